The standard InChI is InChI=1S/C26H33N7O4S/c1-25(2,3)37-24(35)32-16-12-26(11-14-27,13-17-32)33-20-10-15-28-23(34)21(20)22(30-33)29-18-6-8-19(9-7-18)38(36)31(4)5/h6-10,15H,11-13,16-17H2,1-5H3,(H,28,34)(H,29,30). The molecule has 4 rings (SSSR count). The smallest absolute Gasteiger partial charge is 0.410 e. The fraction of sp³-hybridized carbons (Fsp3) is 0.462. The predicted molar refractivity (Wildman–Crippen MR) is 145 cm³/mol. The first-order chi connectivity index (χ1) is 17.9. The molecule has 12 heteroatoms. The lowest BCUT2D eigenvalue weighted by Crippen LogP contribution is -2.49. The number of anilines is 2. The average molecular weight is 540 g/mol. The second-order valence-electron chi connectivity index (χ2n) is 10.6. The molecule has 2 aromatic heterocycles. The Labute approximate surface area is 224 Å². The lowest BCUT2D eigenvalue weighted by molar-refractivity contribution is 0.0110. The number of nitrogens with one attached hydrogen (secondary N) is 2. The Morgan fingerprint density at radius 2 is 1.89 bits per heavy atom. The van der Waals surface area contributed by atoms with Crippen LogP contribution in [0.25, 0.3) is 10.9 Å². The van der Waals surface area contributed by atoms with Gasteiger partial charge in [-0.25, -0.2) is 13.3 Å². The van der Waals surface area contributed by atoms with Crippen molar-refractivity contribution in [2.24, 2.45) is 0 Å². The molecule has 3 heterocycles. The van der Waals surface area contributed by atoms with Crippen molar-refractivity contribution in [1.29, 1.82) is 5.26 Å². The summed E-state index contributed by atoms with van der Waals surface area (Å²) < 4.78 is 21.2. The van der Waals surface area contributed by atoms with Crippen LogP contribution in [0.2, 0.25) is 0 Å². The van der Waals surface area contributed by atoms with E-state index in [9.17, 15) is 19.1 Å². The van der Waals surface area contributed by atoms with Gasteiger partial charge in [-0.3, -0.25) is 9.48 Å². The van der Waals surface area contributed by atoms with Crippen molar-refractivity contribution in [3.63, 3.8) is 0 Å². The minimum Gasteiger partial charge on any atom is -0.444 e. The fourth-order valence-corrected chi connectivity index (χ4v) is 5.36. The first kappa shape index (κ1) is 27.3. The van der Waals surface area contributed by atoms with E-state index in [0.29, 0.717) is 53.2 Å². The maximum atomic E-state index is 12.9. The molecule has 1 fully saturated rings. The van der Waals surface area contributed by atoms with Crippen LogP contribution in [0, 0.1) is 11.3 Å². The quantitative estimate of drug-likeness (QED) is 0.487. The summed E-state index contributed by atoms with van der Waals surface area (Å²) in [7, 11) is 2.20. The highest BCUT2D eigenvalue weighted by atomic mass is 32.2. The van der Waals surface area contributed by atoms with Crippen LogP contribution in [-0.2, 0) is 21.3 Å². The number of carbonyl (C=O) groups is 1. The van der Waals surface area contributed by atoms with E-state index in [1.54, 1.807) is 64.5 Å². The van der Waals surface area contributed by atoms with E-state index in [1.165, 1.54) is 0 Å². The zero-order valence-corrected chi connectivity index (χ0v) is 23.1. The summed E-state index contributed by atoms with van der Waals surface area (Å²) in [5.74, 6) is 0.357. The number of hydrogen-bond acceptors (Lipinski definition) is 7. The fourth-order valence-electron chi connectivity index (χ4n) is 4.57. The molecule has 0 bridgehead atoms. The van der Waals surface area contributed by atoms with Gasteiger partial charge in [0.25, 0.3) is 5.56 Å². The molecular formula is C26H33N7O4S. The number of benzene rings is 1. The van der Waals surface area contributed by atoms with Gasteiger partial charge in [0.05, 0.1) is 28.4 Å². The van der Waals surface area contributed by atoms with Gasteiger partial charge < -0.3 is 19.9 Å². The monoisotopic (exact) mass is 539 g/mol. The van der Waals surface area contributed by atoms with Crippen molar-refractivity contribution in [1.82, 2.24) is 24.0 Å². The molecule has 3 aromatic rings. The molecule has 0 spiro atoms. The van der Waals surface area contributed by atoms with Gasteiger partial charge in [-0.05, 0) is 78.0 Å². The Morgan fingerprint density at radius 3 is 2.47 bits per heavy atom. The van der Waals surface area contributed by atoms with Crippen molar-refractivity contribution < 1.29 is 13.7 Å². The summed E-state index contributed by atoms with van der Waals surface area (Å²) in [4.78, 5) is 30.6. The Kier molecular flexibility index (Phi) is 7.62. The number of pyridine rings is 1. The average Bonchev–Trinajstić information content (AvgIpc) is 3.23. The van der Waals surface area contributed by atoms with Crippen molar-refractivity contribution >= 4 is 39.5 Å². The number of ether oxygens (including phenoxy) is 1. The molecule has 0 saturated carbocycles. The van der Waals surface area contributed by atoms with Gasteiger partial charge in [0, 0.05) is 25.0 Å². The van der Waals surface area contributed by atoms with Crippen LogP contribution in [0.3, 0.4) is 0 Å². The third-order valence-electron chi connectivity index (χ3n) is 6.46. The van der Waals surface area contributed by atoms with E-state index in [1.807, 2.05) is 20.8 Å². The van der Waals surface area contributed by atoms with Crippen LogP contribution in [0.4, 0.5) is 16.3 Å². The molecule has 1 amide bonds. The normalized spacial score (nSPS) is 16.3. The molecule has 0 radical (unpaired) electrons. The summed E-state index contributed by atoms with van der Waals surface area (Å²) in [6.07, 6.45) is 2.31. The summed E-state index contributed by atoms with van der Waals surface area (Å²) in [5, 5.41) is 18.1. The number of piperidine rings is 1. The SMILES string of the molecule is CN(C)S(=O)c1ccc(Nc2nn(C3(CC#N)CCN(C(=O)OC(C)(C)C)CC3)c3cc[nH]c(=O)c23)cc1. The van der Waals surface area contributed by atoms with Crippen LogP contribution in [0.5, 0.6) is 0 Å². The van der Waals surface area contributed by atoms with Gasteiger partial charge >= 0.3 is 6.09 Å². The van der Waals surface area contributed by atoms with Gasteiger partial charge in [-0.15, -0.1) is 0 Å². The number of amides is 1. The highest BCUT2D eigenvalue weighted by Gasteiger charge is 2.41. The van der Waals surface area contributed by atoms with Crippen LogP contribution < -0.4 is 10.9 Å². The predicted octanol–water partition coefficient (Wildman–Crippen LogP) is 3.69. The zero-order valence-electron chi connectivity index (χ0n) is 22.3. The van der Waals surface area contributed by atoms with Gasteiger partial charge in [0.15, 0.2) is 5.82 Å². The lowest BCUT2D eigenvalue weighted by atomic mass is 9.85. The Morgan fingerprint density at radius 1 is 1.24 bits per heavy atom. The number of aromatic nitrogens is 3. The van der Waals surface area contributed by atoms with Crippen molar-refractivity contribution in [2.45, 2.75) is 56.1 Å². The van der Waals surface area contributed by atoms with Gasteiger partial charge in [-0.1, -0.05) is 0 Å². The molecule has 1 aliphatic heterocycles. The molecule has 38 heavy (non-hydrogen) atoms. The molecular weight excluding hydrogens is 506 g/mol. The third kappa shape index (κ3) is 5.58. The van der Waals surface area contributed by atoms with Crippen LogP contribution in [0.15, 0.2) is 46.2 Å². The maximum absolute atomic E-state index is 12.9. The van der Waals surface area contributed by atoms with Crippen LogP contribution in [-0.4, -0.2) is 67.1 Å². The first-order valence-corrected chi connectivity index (χ1v) is 13.5. The number of hydrogen-bond donors (Lipinski definition) is 2. The first-order valence-electron chi connectivity index (χ1n) is 12.4. The van der Waals surface area contributed by atoms with Crippen LogP contribution >= 0.6 is 0 Å². The molecule has 0 aliphatic carbocycles. The molecule has 1 saturated heterocycles. The molecule has 1 atom stereocenters. The van der Waals surface area contributed by atoms with E-state index >= 15 is 0 Å². The molecule has 202 valence electrons. The van der Waals surface area contributed by atoms with E-state index < -0.39 is 22.1 Å². The number of nitrogens with zero attached hydrogens (tertiary/aromatic N) is 5. The van der Waals surface area contributed by atoms with E-state index in [2.05, 4.69) is 16.4 Å². The number of likely N-dealkylation sites (tertiary alicyclic amines) is 1. The number of rotatable bonds is 6. The molecule has 1 aromatic carbocycles. The van der Waals surface area contributed by atoms with E-state index in [0.717, 1.165) is 0 Å². The molecule has 2 N–H and O–H groups in total. The largest absolute Gasteiger partial charge is 0.444 e. The minimum absolute atomic E-state index is 0.170. The highest BCUT2D eigenvalue weighted by Crippen LogP contribution is 2.37. The summed E-state index contributed by atoms with van der Waals surface area (Å²) in [6, 6.07) is 11.1. The van der Waals surface area contributed by atoms with Crippen molar-refractivity contribution in [3.8, 4) is 6.07 Å². The summed E-state index contributed by atoms with van der Waals surface area (Å²) in [5.41, 5.74) is -0.334. The maximum Gasteiger partial charge on any atom is 0.410 e. The molecule has 1 aliphatic rings. The minimum atomic E-state index is -1.27. The molecule has 11 nitrogen and oxygen atoms in total. The lowest BCUT2D eigenvalue weighted by Gasteiger charge is -2.41. The summed E-state index contributed by atoms with van der Waals surface area (Å²) >= 11 is 0. The number of nitriles is 1. The van der Waals surface area contributed by atoms with Gasteiger partial charge in [0.1, 0.15) is 22.0 Å². The summed E-state index contributed by atoms with van der Waals surface area (Å²) in [6.45, 7) is 6.27. The van der Waals surface area contributed by atoms with Crippen molar-refractivity contribution in [2.75, 3.05) is 32.5 Å². The second-order valence-corrected chi connectivity index (χ2v) is 12.3. The van der Waals surface area contributed by atoms with E-state index in [-0.39, 0.29) is 18.1 Å². The number of fused-ring (bicyclic) bond motifs is 1. The van der Waals surface area contributed by atoms with Crippen LogP contribution in [0.1, 0.15) is 40.0 Å². The third-order valence-corrected chi connectivity index (χ3v) is 7.80. The Bertz CT molecular complexity index is 1440. The van der Waals surface area contributed by atoms with Crippen molar-refractivity contribution in [3.05, 3.63) is 46.9 Å². The number of aromatic amines is 1. The van der Waals surface area contributed by atoms with E-state index in [4.69, 9.17) is 9.84 Å². The van der Waals surface area contributed by atoms with Gasteiger partial charge in [-0.2, -0.15) is 10.4 Å². The van der Waals surface area contributed by atoms with Gasteiger partial charge in [0.2, 0.25) is 0 Å². The highest BCUT2D eigenvalue weighted by molar-refractivity contribution is 7.82. The molecule has 1 unspecified atom stereocenters. The Balaban J connectivity index is 1.67. The number of carbonyl (C=O) groups excluding carboxylic acids is 1. The topological polar surface area (TPSA) is 136 Å². The zero-order chi connectivity index (χ0) is 27.7. The Hall–Kier alpha value is -3.69. The number of H-pyrrole nitrogens is 1. The second kappa shape index (κ2) is 10.6.